The molecule has 0 aliphatic carbocycles. The first kappa shape index (κ1) is 22.1. The van der Waals surface area contributed by atoms with Gasteiger partial charge in [0.05, 0.1) is 0 Å². The maximum atomic E-state index is 13.0. The second kappa shape index (κ2) is 10.4. The SMILES string of the molecule is NCCc1ccc(OCC(=O)c2ccc(F)cc2)c(OCC(=O)c2ccc(F)cc2)c1. The molecule has 0 spiro atoms. The zero-order valence-corrected chi connectivity index (χ0v) is 16.6. The van der Waals surface area contributed by atoms with Gasteiger partial charge < -0.3 is 15.2 Å². The number of halogens is 2. The van der Waals surface area contributed by atoms with Gasteiger partial charge in [0.15, 0.2) is 36.3 Å². The minimum Gasteiger partial charge on any atom is -0.482 e. The second-order valence-electron chi connectivity index (χ2n) is 6.76. The van der Waals surface area contributed by atoms with Gasteiger partial charge >= 0.3 is 0 Å². The monoisotopic (exact) mass is 425 g/mol. The molecule has 0 aromatic heterocycles. The molecule has 3 rings (SSSR count). The molecule has 0 radical (unpaired) electrons. The summed E-state index contributed by atoms with van der Waals surface area (Å²) in [4.78, 5) is 24.6. The normalized spacial score (nSPS) is 10.5. The van der Waals surface area contributed by atoms with Gasteiger partial charge in [-0.05, 0) is 79.2 Å². The number of nitrogens with two attached hydrogens (primary N) is 1. The molecule has 5 nitrogen and oxygen atoms in total. The van der Waals surface area contributed by atoms with E-state index in [0.29, 0.717) is 24.1 Å². The number of carbonyl (C=O) groups is 2. The van der Waals surface area contributed by atoms with Gasteiger partial charge in [0.1, 0.15) is 11.6 Å². The maximum absolute atomic E-state index is 13.0. The fourth-order valence-corrected chi connectivity index (χ4v) is 2.83. The third-order valence-electron chi connectivity index (χ3n) is 4.49. The topological polar surface area (TPSA) is 78.6 Å². The standard InChI is InChI=1S/C24H21F2NO4/c25-19-6-2-17(3-7-19)21(28)14-30-23-10-1-16(11-12-27)13-24(23)31-15-22(29)18-4-8-20(26)9-5-18/h1-10,13H,11-12,14-15,27H2. The molecular weight excluding hydrogens is 404 g/mol. The lowest BCUT2D eigenvalue weighted by atomic mass is 10.1. The van der Waals surface area contributed by atoms with Gasteiger partial charge in [-0.15, -0.1) is 0 Å². The molecule has 0 fully saturated rings. The summed E-state index contributed by atoms with van der Waals surface area (Å²) in [7, 11) is 0. The van der Waals surface area contributed by atoms with E-state index < -0.39 is 11.6 Å². The van der Waals surface area contributed by atoms with Crippen LogP contribution in [0.15, 0.2) is 66.7 Å². The number of hydrogen-bond donors (Lipinski definition) is 1. The van der Waals surface area contributed by atoms with Crippen LogP contribution in [0.25, 0.3) is 0 Å². The summed E-state index contributed by atoms with van der Waals surface area (Å²) in [5, 5.41) is 0. The molecule has 0 saturated carbocycles. The van der Waals surface area contributed by atoms with Crippen LogP contribution in [-0.4, -0.2) is 31.3 Å². The Labute approximate surface area is 178 Å². The number of carbonyl (C=O) groups excluding carboxylic acids is 2. The molecule has 0 atom stereocenters. The van der Waals surface area contributed by atoms with E-state index in [0.717, 1.165) is 5.56 Å². The fraction of sp³-hybridized carbons (Fsp3) is 0.167. The van der Waals surface area contributed by atoms with Crippen LogP contribution in [0.2, 0.25) is 0 Å². The predicted octanol–water partition coefficient (Wildman–Crippen LogP) is 3.99. The first-order chi connectivity index (χ1) is 15.0. The van der Waals surface area contributed by atoms with Crippen molar-refractivity contribution in [3.63, 3.8) is 0 Å². The first-order valence-corrected chi connectivity index (χ1v) is 9.62. The number of hydrogen-bond acceptors (Lipinski definition) is 5. The molecule has 0 amide bonds. The Morgan fingerprint density at radius 3 is 1.68 bits per heavy atom. The molecule has 0 aliphatic heterocycles. The molecule has 0 bridgehead atoms. The lowest BCUT2D eigenvalue weighted by molar-refractivity contribution is 0.0895. The number of benzene rings is 3. The van der Waals surface area contributed by atoms with Crippen LogP contribution in [0.5, 0.6) is 11.5 Å². The van der Waals surface area contributed by atoms with E-state index in [1.54, 1.807) is 18.2 Å². The minimum absolute atomic E-state index is 0.281. The number of ketones is 2. The number of rotatable bonds is 10. The van der Waals surface area contributed by atoms with E-state index in [-0.39, 0.29) is 36.3 Å². The molecule has 0 heterocycles. The Balaban J connectivity index is 1.70. The Morgan fingerprint density at radius 2 is 1.19 bits per heavy atom. The van der Waals surface area contributed by atoms with E-state index in [2.05, 4.69) is 0 Å². The molecule has 3 aromatic carbocycles. The minimum atomic E-state index is -0.437. The average molecular weight is 425 g/mol. The van der Waals surface area contributed by atoms with E-state index in [1.807, 2.05) is 0 Å². The van der Waals surface area contributed by atoms with Crippen molar-refractivity contribution in [2.75, 3.05) is 19.8 Å². The van der Waals surface area contributed by atoms with Gasteiger partial charge in [-0.25, -0.2) is 8.78 Å². The van der Waals surface area contributed by atoms with Crippen molar-refractivity contribution in [1.82, 2.24) is 0 Å². The first-order valence-electron chi connectivity index (χ1n) is 9.62. The van der Waals surface area contributed by atoms with Crippen LogP contribution >= 0.6 is 0 Å². The Morgan fingerprint density at radius 1 is 0.710 bits per heavy atom. The highest BCUT2D eigenvalue weighted by Gasteiger charge is 2.14. The van der Waals surface area contributed by atoms with E-state index in [9.17, 15) is 18.4 Å². The zero-order valence-electron chi connectivity index (χ0n) is 16.6. The summed E-state index contributed by atoms with van der Waals surface area (Å²) in [5.74, 6) is -0.976. The lowest BCUT2D eigenvalue weighted by Crippen LogP contribution is -2.15. The molecule has 160 valence electrons. The van der Waals surface area contributed by atoms with Gasteiger partial charge in [0, 0.05) is 11.1 Å². The van der Waals surface area contributed by atoms with Gasteiger partial charge in [-0.3, -0.25) is 9.59 Å². The summed E-state index contributed by atoms with van der Waals surface area (Å²) in [5.41, 5.74) is 7.11. The Bertz CT molecular complexity index is 1050. The smallest absolute Gasteiger partial charge is 0.200 e. The molecular formula is C24H21F2NO4. The summed E-state index contributed by atoms with van der Waals surface area (Å²) >= 11 is 0. The quantitative estimate of drug-likeness (QED) is 0.497. The third kappa shape index (κ3) is 6.20. The second-order valence-corrected chi connectivity index (χ2v) is 6.76. The van der Waals surface area contributed by atoms with Gasteiger partial charge in [0.25, 0.3) is 0 Å². The van der Waals surface area contributed by atoms with Crippen molar-refractivity contribution in [3.8, 4) is 11.5 Å². The van der Waals surface area contributed by atoms with Crippen LogP contribution in [0, 0.1) is 11.6 Å². The Kier molecular flexibility index (Phi) is 7.45. The van der Waals surface area contributed by atoms with E-state index in [4.69, 9.17) is 15.2 Å². The van der Waals surface area contributed by atoms with Crippen molar-refractivity contribution < 1.29 is 27.8 Å². The number of Topliss-reactive ketones (excluding diaryl/α,β-unsaturated/α-hetero) is 2. The molecule has 0 saturated heterocycles. The van der Waals surface area contributed by atoms with Crippen molar-refractivity contribution >= 4 is 11.6 Å². The summed E-state index contributed by atoms with van der Waals surface area (Å²) in [6.07, 6.45) is 0.594. The van der Waals surface area contributed by atoms with Crippen LogP contribution in [-0.2, 0) is 6.42 Å². The van der Waals surface area contributed by atoms with Gasteiger partial charge in [-0.2, -0.15) is 0 Å². The Hall–Kier alpha value is -3.58. The van der Waals surface area contributed by atoms with Gasteiger partial charge in [0.2, 0.25) is 0 Å². The summed E-state index contributed by atoms with van der Waals surface area (Å²) in [6, 6.07) is 15.4. The van der Waals surface area contributed by atoms with Gasteiger partial charge in [-0.1, -0.05) is 6.07 Å². The zero-order chi connectivity index (χ0) is 22.2. The largest absolute Gasteiger partial charge is 0.482 e. The highest BCUT2D eigenvalue weighted by Crippen LogP contribution is 2.29. The molecule has 3 aromatic rings. The van der Waals surface area contributed by atoms with Crippen LogP contribution < -0.4 is 15.2 Å². The maximum Gasteiger partial charge on any atom is 0.200 e. The van der Waals surface area contributed by atoms with E-state index in [1.165, 1.54) is 48.5 Å². The predicted molar refractivity (Wildman–Crippen MR) is 112 cm³/mol. The van der Waals surface area contributed by atoms with Crippen molar-refractivity contribution in [2.24, 2.45) is 5.73 Å². The van der Waals surface area contributed by atoms with E-state index >= 15 is 0 Å². The number of ether oxygens (including phenoxy) is 2. The average Bonchev–Trinajstić information content (AvgIpc) is 2.77. The molecule has 7 heteroatoms. The molecule has 0 aliphatic rings. The van der Waals surface area contributed by atoms with Crippen LogP contribution in [0.1, 0.15) is 26.3 Å². The highest BCUT2D eigenvalue weighted by atomic mass is 19.1. The lowest BCUT2D eigenvalue weighted by Gasteiger charge is -2.14. The van der Waals surface area contributed by atoms with Crippen LogP contribution in [0.3, 0.4) is 0 Å². The highest BCUT2D eigenvalue weighted by molar-refractivity contribution is 5.97. The van der Waals surface area contributed by atoms with Crippen molar-refractivity contribution in [3.05, 3.63) is 95.1 Å². The summed E-state index contributed by atoms with van der Waals surface area (Å²) < 4.78 is 37.3. The van der Waals surface area contributed by atoms with Crippen LogP contribution in [0.4, 0.5) is 8.78 Å². The third-order valence-corrected chi connectivity index (χ3v) is 4.49. The van der Waals surface area contributed by atoms with Crippen molar-refractivity contribution in [2.45, 2.75) is 6.42 Å². The molecule has 0 unspecified atom stereocenters. The van der Waals surface area contributed by atoms with Crippen molar-refractivity contribution in [1.29, 1.82) is 0 Å². The fourth-order valence-electron chi connectivity index (χ4n) is 2.83. The molecule has 2 N–H and O–H groups in total. The summed E-state index contributed by atoms with van der Waals surface area (Å²) in [6.45, 7) is -0.151. The molecule has 31 heavy (non-hydrogen) atoms.